The first-order valence-corrected chi connectivity index (χ1v) is 9.59. The second kappa shape index (κ2) is 7.26. The zero-order valence-corrected chi connectivity index (χ0v) is 15.1. The number of aliphatic hydroxyl groups excluding tert-OH is 2. The molecule has 0 radical (unpaired) electrons. The molecule has 0 saturated carbocycles. The highest BCUT2D eigenvalue weighted by Gasteiger charge is 2.44. The van der Waals surface area contributed by atoms with Gasteiger partial charge in [-0.2, -0.15) is 0 Å². The van der Waals surface area contributed by atoms with Crippen molar-refractivity contribution in [1.82, 2.24) is 14.9 Å². The summed E-state index contributed by atoms with van der Waals surface area (Å²) in [7, 11) is 0. The number of morpholine rings is 1. The number of likely N-dealkylation sites (tertiary alicyclic amines) is 1. The fourth-order valence-corrected chi connectivity index (χ4v) is 4.57. The van der Waals surface area contributed by atoms with Gasteiger partial charge in [0.05, 0.1) is 31.6 Å². The predicted octanol–water partition coefficient (Wildman–Crippen LogP) is -0.760. The molecule has 8 heteroatoms. The molecule has 3 aliphatic rings. The van der Waals surface area contributed by atoms with Crippen molar-refractivity contribution < 1.29 is 14.9 Å². The van der Waals surface area contributed by atoms with Crippen LogP contribution in [0.3, 0.4) is 0 Å². The summed E-state index contributed by atoms with van der Waals surface area (Å²) in [6.45, 7) is 4.84. The molecule has 1 atom stereocenters. The van der Waals surface area contributed by atoms with E-state index in [1.165, 1.54) is 0 Å². The molecule has 0 aromatic carbocycles. The van der Waals surface area contributed by atoms with Gasteiger partial charge in [0.2, 0.25) is 5.95 Å². The minimum Gasteiger partial charge on any atom is -0.394 e. The molecule has 0 amide bonds. The van der Waals surface area contributed by atoms with Crippen molar-refractivity contribution in [3.8, 4) is 0 Å². The zero-order valence-electron chi connectivity index (χ0n) is 15.1. The number of rotatable bonds is 4. The maximum atomic E-state index is 12.6. The van der Waals surface area contributed by atoms with Gasteiger partial charge in [-0.25, -0.2) is 4.98 Å². The average molecular weight is 364 g/mol. The van der Waals surface area contributed by atoms with Crippen LogP contribution < -0.4 is 10.5 Å². The molecule has 144 valence electrons. The maximum Gasteiger partial charge on any atom is 0.255 e. The van der Waals surface area contributed by atoms with Crippen molar-refractivity contribution >= 4 is 5.95 Å². The van der Waals surface area contributed by atoms with E-state index in [0.29, 0.717) is 25.7 Å². The van der Waals surface area contributed by atoms with Gasteiger partial charge < -0.3 is 24.7 Å². The molecule has 2 saturated heterocycles. The van der Waals surface area contributed by atoms with Crippen molar-refractivity contribution in [2.24, 2.45) is 0 Å². The molecule has 0 bridgehead atoms. The number of fused-ring (bicyclic) bond motifs is 2. The summed E-state index contributed by atoms with van der Waals surface area (Å²) in [5.74, 6) is 0.677. The molecule has 2 fully saturated rings. The number of aliphatic hydroxyl groups is 2. The Hall–Kier alpha value is -1.48. The Labute approximate surface area is 152 Å². The number of H-pyrrole nitrogens is 1. The Morgan fingerprint density at radius 2 is 1.92 bits per heavy atom. The average Bonchev–Trinajstić information content (AvgIpc) is 3.03. The molecule has 8 nitrogen and oxygen atoms in total. The molecule has 3 N–H and O–H groups in total. The van der Waals surface area contributed by atoms with Crippen LogP contribution in [-0.2, 0) is 16.6 Å². The second-order valence-electron chi connectivity index (χ2n) is 7.73. The minimum absolute atomic E-state index is 0.00602. The third-order valence-electron chi connectivity index (χ3n) is 6.16. The summed E-state index contributed by atoms with van der Waals surface area (Å²) in [6, 6.07) is 0. The van der Waals surface area contributed by atoms with Gasteiger partial charge >= 0.3 is 0 Å². The predicted molar refractivity (Wildman–Crippen MR) is 96.7 cm³/mol. The number of β-amino-alcohol motifs (C(OH)–C–C–N with tert-alkyl or cyclic N) is 1. The van der Waals surface area contributed by atoms with E-state index in [4.69, 9.17) is 14.8 Å². The molecule has 1 unspecified atom stereocenters. The number of aromatic amines is 1. The molecular formula is C18H28N4O4. The van der Waals surface area contributed by atoms with Crippen LogP contribution in [0, 0.1) is 0 Å². The van der Waals surface area contributed by atoms with E-state index in [0.717, 1.165) is 63.1 Å². The Bertz CT molecular complexity index is 693. The van der Waals surface area contributed by atoms with E-state index in [2.05, 4.69) is 14.8 Å². The number of aromatic nitrogens is 2. The Kier molecular flexibility index (Phi) is 5.00. The number of piperidine rings is 1. The van der Waals surface area contributed by atoms with E-state index in [-0.39, 0.29) is 17.6 Å². The molecule has 2 aliphatic heterocycles. The van der Waals surface area contributed by atoms with Crippen molar-refractivity contribution in [2.75, 3.05) is 57.4 Å². The topological polar surface area (TPSA) is 102 Å². The van der Waals surface area contributed by atoms with Gasteiger partial charge in [0.1, 0.15) is 0 Å². The molecule has 26 heavy (non-hydrogen) atoms. The second-order valence-corrected chi connectivity index (χ2v) is 7.73. The van der Waals surface area contributed by atoms with Crippen LogP contribution in [0.25, 0.3) is 0 Å². The maximum absolute atomic E-state index is 12.6. The highest BCUT2D eigenvalue weighted by Crippen LogP contribution is 2.44. The molecule has 1 aromatic heterocycles. The van der Waals surface area contributed by atoms with Crippen molar-refractivity contribution in [1.29, 1.82) is 0 Å². The van der Waals surface area contributed by atoms with E-state index < -0.39 is 6.10 Å². The van der Waals surface area contributed by atoms with Crippen LogP contribution in [0.15, 0.2) is 4.79 Å². The lowest BCUT2D eigenvalue weighted by Gasteiger charge is -2.40. The fourth-order valence-electron chi connectivity index (χ4n) is 4.57. The molecule has 1 aromatic rings. The number of nitrogens with one attached hydrogen (secondary N) is 1. The first-order chi connectivity index (χ1) is 12.6. The van der Waals surface area contributed by atoms with Crippen molar-refractivity contribution in [3.63, 3.8) is 0 Å². The van der Waals surface area contributed by atoms with Gasteiger partial charge in [-0.05, 0) is 38.8 Å². The monoisotopic (exact) mass is 364 g/mol. The van der Waals surface area contributed by atoms with Gasteiger partial charge in [0.25, 0.3) is 5.56 Å². The van der Waals surface area contributed by atoms with Crippen molar-refractivity contribution in [2.45, 2.75) is 37.2 Å². The Balaban J connectivity index is 1.55. The molecule has 1 spiro atoms. The summed E-state index contributed by atoms with van der Waals surface area (Å²) in [5, 5.41) is 18.7. The minimum atomic E-state index is -0.686. The smallest absolute Gasteiger partial charge is 0.255 e. The van der Waals surface area contributed by atoms with Gasteiger partial charge in [-0.15, -0.1) is 0 Å². The normalized spacial score (nSPS) is 24.0. The summed E-state index contributed by atoms with van der Waals surface area (Å²) < 4.78 is 5.40. The largest absolute Gasteiger partial charge is 0.394 e. The van der Waals surface area contributed by atoms with E-state index in [1.807, 2.05) is 0 Å². The number of hydrogen-bond donors (Lipinski definition) is 3. The molecule has 1 aliphatic carbocycles. The van der Waals surface area contributed by atoms with Gasteiger partial charge in [0.15, 0.2) is 0 Å². The fraction of sp³-hybridized carbons (Fsp3) is 0.778. The zero-order chi connectivity index (χ0) is 18.1. The van der Waals surface area contributed by atoms with Crippen LogP contribution >= 0.6 is 0 Å². The summed E-state index contributed by atoms with van der Waals surface area (Å²) in [6.07, 6.45) is 2.96. The first-order valence-electron chi connectivity index (χ1n) is 9.59. The van der Waals surface area contributed by atoms with Crippen molar-refractivity contribution in [3.05, 3.63) is 21.6 Å². The SMILES string of the molecule is O=c1[nH]c(N2CCOCC2)nc2c1CCC21CCN(CC(O)CO)CC1. The number of anilines is 1. The Morgan fingerprint density at radius 1 is 1.19 bits per heavy atom. The first kappa shape index (κ1) is 17.9. The Morgan fingerprint density at radius 3 is 2.62 bits per heavy atom. The molecule has 3 heterocycles. The van der Waals surface area contributed by atoms with Gasteiger partial charge in [0, 0.05) is 30.6 Å². The van der Waals surface area contributed by atoms with E-state index in [1.54, 1.807) is 0 Å². The third-order valence-corrected chi connectivity index (χ3v) is 6.16. The van der Waals surface area contributed by atoms with E-state index in [9.17, 15) is 9.90 Å². The standard InChI is InChI=1S/C18H28N4O4/c23-12-13(24)11-21-5-3-18(4-6-21)2-1-14-15(18)19-17(20-16(14)25)22-7-9-26-10-8-22/h13,23-24H,1-12H2,(H,19,20,25). The highest BCUT2D eigenvalue weighted by molar-refractivity contribution is 5.40. The molecular weight excluding hydrogens is 336 g/mol. The summed E-state index contributed by atoms with van der Waals surface area (Å²) >= 11 is 0. The lowest BCUT2D eigenvalue weighted by Crippen LogP contribution is -2.45. The summed E-state index contributed by atoms with van der Waals surface area (Å²) in [5.41, 5.74) is 1.83. The van der Waals surface area contributed by atoms with Crippen LogP contribution in [0.4, 0.5) is 5.95 Å². The quantitative estimate of drug-likeness (QED) is 0.645. The lowest BCUT2D eigenvalue weighted by molar-refractivity contribution is 0.0430. The third kappa shape index (κ3) is 3.26. The van der Waals surface area contributed by atoms with Crippen LogP contribution in [0.1, 0.15) is 30.5 Å². The lowest BCUT2D eigenvalue weighted by atomic mass is 9.76. The molecule has 4 rings (SSSR count). The number of hydrogen-bond acceptors (Lipinski definition) is 7. The van der Waals surface area contributed by atoms with Crippen LogP contribution in [0.2, 0.25) is 0 Å². The number of ether oxygens (including phenoxy) is 1. The number of nitrogens with zero attached hydrogens (tertiary/aromatic N) is 3. The van der Waals surface area contributed by atoms with E-state index >= 15 is 0 Å². The van der Waals surface area contributed by atoms with Gasteiger partial charge in [-0.1, -0.05) is 0 Å². The van der Waals surface area contributed by atoms with Crippen LogP contribution in [-0.4, -0.2) is 83.7 Å². The summed E-state index contributed by atoms with van der Waals surface area (Å²) in [4.78, 5) is 24.8. The van der Waals surface area contributed by atoms with Gasteiger partial charge in [-0.3, -0.25) is 9.78 Å². The highest BCUT2D eigenvalue weighted by atomic mass is 16.5. The van der Waals surface area contributed by atoms with Crippen LogP contribution in [0.5, 0.6) is 0 Å².